The summed E-state index contributed by atoms with van der Waals surface area (Å²) < 4.78 is 5.26. The van der Waals surface area contributed by atoms with Crippen LogP contribution in [0.25, 0.3) is 5.57 Å². The van der Waals surface area contributed by atoms with Crippen molar-refractivity contribution in [2.24, 2.45) is 10.7 Å². The van der Waals surface area contributed by atoms with Crippen LogP contribution < -0.4 is 10.5 Å². The average Bonchev–Trinajstić information content (AvgIpc) is 2.39. The smallest absolute Gasteiger partial charge is 0.132 e. The fraction of sp³-hybridized carbons (Fsp3) is 0.385. The first kappa shape index (κ1) is 15.5. The summed E-state index contributed by atoms with van der Waals surface area (Å²) in [6.07, 6.45) is 4.82. The minimum atomic E-state index is 0.376. The minimum Gasteiger partial charge on any atom is -0.496 e. The second-order valence-electron chi connectivity index (χ2n) is 4.17. The van der Waals surface area contributed by atoms with Crippen molar-refractivity contribution in [2.45, 2.75) is 0 Å². The molecule has 0 fully saturated rings. The quantitative estimate of drug-likeness (QED) is 0.637. The number of allylic oxidation sites excluding steroid dienone is 1. The Hall–Kier alpha value is -1.59. The van der Waals surface area contributed by atoms with E-state index in [4.69, 9.17) is 22.1 Å². The second kappa shape index (κ2) is 7.76. The number of aromatic nitrogens is 1. The van der Waals surface area contributed by atoms with E-state index in [1.165, 1.54) is 6.20 Å². The predicted molar refractivity (Wildman–Crippen MR) is 79.9 cm³/mol. The SMILES string of the molecule is COc1cc(Cl)ncc1/C(C=NCCN(C)C)=C/N. The van der Waals surface area contributed by atoms with Crippen LogP contribution in [-0.4, -0.2) is 50.4 Å². The summed E-state index contributed by atoms with van der Waals surface area (Å²) in [5.41, 5.74) is 7.14. The normalized spacial score (nSPS) is 12.4. The number of methoxy groups -OCH3 is 1. The topological polar surface area (TPSA) is 63.7 Å². The number of hydrogen-bond acceptors (Lipinski definition) is 5. The minimum absolute atomic E-state index is 0.376. The van der Waals surface area contributed by atoms with E-state index in [0.29, 0.717) is 17.4 Å². The number of rotatable bonds is 6. The number of nitrogens with two attached hydrogens (primary N) is 1. The van der Waals surface area contributed by atoms with Crippen LogP contribution in [0.15, 0.2) is 23.5 Å². The summed E-state index contributed by atoms with van der Waals surface area (Å²) in [7, 11) is 5.58. The lowest BCUT2D eigenvalue weighted by atomic mass is 10.1. The fourth-order valence-corrected chi connectivity index (χ4v) is 1.57. The molecular formula is C13H19ClN4O. The van der Waals surface area contributed by atoms with Crippen LogP contribution in [0.1, 0.15) is 5.56 Å². The van der Waals surface area contributed by atoms with Crippen molar-refractivity contribution in [3.8, 4) is 5.75 Å². The zero-order valence-corrected chi connectivity index (χ0v) is 12.2. The summed E-state index contributed by atoms with van der Waals surface area (Å²) in [5.74, 6) is 0.621. The summed E-state index contributed by atoms with van der Waals surface area (Å²) in [6, 6.07) is 1.65. The highest BCUT2D eigenvalue weighted by Gasteiger charge is 2.08. The molecular weight excluding hydrogens is 264 g/mol. The zero-order chi connectivity index (χ0) is 14.3. The number of likely N-dealkylation sites (N-methyl/N-ethyl adjacent to an activating group) is 1. The van der Waals surface area contributed by atoms with E-state index < -0.39 is 0 Å². The van der Waals surface area contributed by atoms with E-state index in [9.17, 15) is 0 Å². The Morgan fingerprint density at radius 1 is 1.58 bits per heavy atom. The monoisotopic (exact) mass is 282 g/mol. The van der Waals surface area contributed by atoms with Crippen molar-refractivity contribution < 1.29 is 4.74 Å². The van der Waals surface area contributed by atoms with Crippen molar-refractivity contribution in [3.63, 3.8) is 0 Å². The molecule has 0 aliphatic carbocycles. The lowest BCUT2D eigenvalue weighted by Gasteiger charge is -2.09. The zero-order valence-electron chi connectivity index (χ0n) is 11.4. The molecule has 2 N–H and O–H groups in total. The Morgan fingerprint density at radius 2 is 2.32 bits per heavy atom. The summed E-state index contributed by atoms with van der Waals surface area (Å²) in [4.78, 5) is 10.4. The number of halogens is 1. The lowest BCUT2D eigenvalue weighted by molar-refractivity contribution is 0.413. The highest BCUT2D eigenvalue weighted by molar-refractivity contribution is 6.29. The molecule has 0 radical (unpaired) electrons. The van der Waals surface area contributed by atoms with Crippen LogP contribution in [-0.2, 0) is 0 Å². The van der Waals surface area contributed by atoms with E-state index in [1.54, 1.807) is 25.6 Å². The highest BCUT2D eigenvalue weighted by atomic mass is 35.5. The first-order chi connectivity index (χ1) is 9.08. The van der Waals surface area contributed by atoms with Crippen LogP contribution in [0.3, 0.4) is 0 Å². The van der Waals surface area contributed by atoms with E-state index in [2.05, 4.69) is 14.9 Å². The maximum atomic E-state index is 5.82. The van der Waals surface area contributed by atoms with Crippen molar-refractivity contribution >= 4 is 23.4 Å². The van der Waals surface area contributed by atoms with Crippen LogP contribution in [0.4, 0.5) is 0 Å². The molecule has 1 rings (SSSR count). The van der Waals surface area contributed by atoms with Gasteiger partial charge in [-0.3, -0.25) is 4.99 Å². The third kappa shape index (κ3) is 4.89. The molecule has 0 saturated carbocycles. The molecule has 0 spiro atoms. The standard InChI is InChI=1S/C13H19ClN4O/c1-18(2)5-4-16-8-10(7-15)11-9-17-13(14)6-12(11)19-3/h6-9H,4-5,15H2,1-3H3/b10-7+,16-8?. The first-order valence-corrected chi connectivity index (χ1v) is 6.22. The second-order valence-corrected chi connectivity index (χ2v) is 4.56. The molecule has 0 atom stereocenters. The predicted octanol–water partition coefficient (Wildman–Crippen LogP) is 1.68. The van der Waals surface area contributed by atoms with Gasteiger partial charge in [0, 0.05) is 42.4 Å². The van der Waals surface area contributed by atoms with Gasteiger partial charge < -0.3 is 15.4 Å². The maximum absolute atomic E-state index is 5.82. The van der Waals surface area contributed by atoms with Gasteiger partial charge in [0.05, 0.1) is 13.7 Å². The number of aliphatic imine (C=N–C) groups is 1. The Morgan fingerprint density at radius 3 is 2.89 bits per heavy atom. The summed E-state index contributed by atoms with van der Waals surface area (Å²) >= 11 is 5.82. The Kier molecular flexibility index (Phi) is 6.32. The number of ether oxygens (including phenoxy) is 1. The van der Waals surface area contributed by atoms with Crippen molar-refractivity contribution in [3.05, 3.63) is 29.2 Å². The van der Waals surface area contributed by atoms with E-state index in [1.807, 2.05) is 14.1 Å². The van der Waals surface area contributed by atoms with Crippen molar-refractivity contribution in [1.29, 1.82) is 0 Å². The molecule has 104 valence electrons. The molecule has 0 aromatic carbocycles. The first-order valence-electron chi connectivity index (χ1n) is 5.84. The van der Waals surface area contributed by atoms with Gasteiger partial charge in [0.15, 0.2) is 0 Å². The molecule has 0 amide bonds. The van der Waals surface area contributed by atoms with Gasteiger partial charge in [0.1, 0.15) is 10.9 Å². The van der Waals surface area contributed by atoms with Gasteiger partial charge in [-0.15, -0.1) is 0 Å². The summed E-state index contributed by atoms with van der Waals surface area (Å²) in [5, 5.41) is 0.376. The largest absolute Gasteiger partial charge is 0.496 e. The number of hydrogen-bond donors (Lipinski definition) is 1. The third-order valence-electron chi connectivity index (χ3n) is 2.45. The van der Waals surface area contributed by atoms with E-state index in [0.717, 1.165) is 17.7 Å². The van der Waals surface area contributed by atoms with Gasteiger partial charge in [-0.25, -0.2) is 4.98 Å². The fourth-order valence-electron chi connectivity index (χ4n) is 1.42. The van der Waals surface area contributed by atoms with Gasteiger partial charge in [0.2, 0.25) is 0 Å². The Labute approximate surface area is 118 Å². The van der Waals surface area contributed by atoms with E-state index >= 15 is 0 Å². The van der Waals surface area contributed by atoms with Gasteiger partial charge in [-0.2, -0.15) is 0 Å². The summed E-state index contributed by atoms with van der Waals surface area (Å²) in [6.45, 7) is 1.58. The average molecular weight is 283 g/mol. The molecule has 0 aliphatic rings. The molecule has 0 aliphatic heterocycles. The number of nitrogens with zero attached hydrogens (tertiary/aromatic N) is 3. The van der Waals surface area contributed by atoms with Gasteiger partial charge in [-0.05, 0) is 14.1 Å². The van der Waals surface area contributed by atoms with Gasteiger partial charge in [0.25, 0.3) is 0 Å². The molecule has 6 heteroatoms. The number of pyridine rings is 1. The Bertz CT molecular complexity index is 472. The molecule has 0 saturated heterocycles. The molecule has 1 heterocycles. The molecule has 19 heavy (non-hydrogen) atoms. The van der Waals surface area contributed by atoms with Gasteiger partial charge >= 0.3 is 0 Å². The van der Waals surface area contributed by atoms with Crippen LogP contribution >= 0.6 is 11.6 Å². The maximum Gasteiger partial charge on any atom is 0.132 e. The molecule has 0 bridgehead atoms. The van der Waals surface area contributed by atoms with Gasteiger partial charge in [-0.1, -0.05) is 11.6 Å². The van der Waals surface area contributed by atoms with Crippen molar-refractivity contribution in [2.75, 3.05) is 34.3 Å². The van der Waals surface area contributed by atoms with E-state index in [-0.39, 0.29) is 0 Å². The molecule has 1 aromatic rings. The molecule has 0 unspecified atom stereocenters. The van der Waals surface area contributed by atoms with Crippen LogP contribution in [0, 0.1) is 0 Å². The lowest BCUT2D eigenvalue weighted by Crippen LogP contribution is -2.15. The third-order valence-corrected chi connectivity index (χ3v) is 2.66. The van der Waals surface area contributed by atoms with Crippen LogP contribution in [0.5, 0.6) is 5.75 Å². The highest BCUT2D eigenvalue weighted by Crippen LogP contribution is 2.26. The molecule has 1 aromatic heterocycles. The van der Waals surface area contributed by atoms with Crippen molar-refractivity contribution in [1.82, 2.24) is 9.88 Å². The van der Waals surface area contributed by atoms with Crippen LogP contribution in [0.2, 0.25) is 5.15 Å². The Balaban J connectivity index is 2.86. The molecule has 5 nitrogen and oxygen atoms in total.